The number of benzene rings is 1. The molecule has 7 heteroatoms. The highest BCUT2D eigenvalue weighted by atomic mass is 79.9. The zero-order valence-corrected chi connectivity index (χ0v) is 12.5. The Bertz CT molecular complexity index is 536. The maximum atomic E-state index is 11.0. The molecule has 2 rings (SSSR count). The average molecular weight is 339 g/mol. The smallest absolute Gasteiger partial charge is 0.292 e. The van der Waals surface area contributed by atoms with Crippen molar-refractivity contribution in [2.24, 2.45) is 0 Å². The van der Waals surface area contributed by atoms with E-state index in [-0.39, 0.29) is 16.7 Å². The van der Waals surface area contributed by atoms with Gasteiger partial charge in [0.05, 0.1) is 17.5 Å². The second kappa shape index (κ2) is 6.68. The Labute approximate surface area is 125 Å². The van der Waals surface area contributed by atoms with E-state index < -0.39 is 0 Å². The molecule has 0 spiro atoms. The Morgan fingerprint density at radius 1 is 1.50 bits per heavy atom. The van der Waals surface area contributed by atoms with Crippen LogP contribution >= 0.6 is 15.9 Å². The van der Waals surface area contributed by atoms with E-state index in [9.17, 15) is 10.1 Å². The van der Waals surface area contributed by atoms with Crippen LogP contribution in [0.15, 0.2) is 22.7 Å². The first-order valence-corrected chi connectivity index (χ1v) is 7.19. The minimum Gasteiger partial charge on any atom is -0.377 e. The number of nitro benzene ring substituents is 1. The molecule has 1 aliphatic rings. The summed E-state index contributed by atoms with van der Waals surface area (Å²) >= 11 is 3.33. The number of nitriles is 1. The second-order valence-electron chi connectivity index (χ2n) is 4.77. The van der Waals surface area contributed by atoms with E-state index in [0.717, 1.165) is 30.4 Å². The van der Waals surface area contributed by atoms with Crippen molar-refractivity contribution in [2.45, 2.75) is 18.9 Å². The van der Waals surface area contributed by atoms with Crippen LogP contribution in [0, 0.1) is 21.4 Å². The molecule has 0 atom stereocenters. The summed E-state index contributed by atoms with van der Waals surface area (Å²) in [5.74, 6) is 0. The third-order valence-corrected chi connectivity index (χ3v) is 3.89. The van der Waals surface area contributed by atoms with Crippen molar-refractivity contribution in [3.05, 3.63) is 32.8 Å². The van der Waals surface area contributed by atoms with Crippen LogP contribution in [-0.4, -0.2) is 35.5 Å². The lowest BCUT2D eigenvalue weighted by molar-refractivity contribution is -0.384. The molecule has 0 radical (unpaired) electrons. The number of likely N-dealkylation sites (tertiary alicyclic amines) is 1. The molecule has 0 aromatic heterocycles. The van der Waals surface area contributed by atoms with Gasteiger partial charge in [0.25, 0.3) is 5.69 Å². The number of halogens is 1. The van der Waals surface area contributed by atoms with Gasteiger partial charge < -0.3 is 5.32 Å². The number of nitrogens with one attached hydrogen (secondary N) is 1. The minimum atomic E-state index is -0.375. The van der Waals surface area contributed by atoms with Gasteiger partial charge in [-0.3, -0.25) is 15.0 Å². The number of piperidine rings is 1. The molecule has 20 heavy (non-hydrogen) atoms. The fourth-order valence-corrected chi connectivity index (χ4v) is 2.70. The average Bonchev–Trinajstić information content (AvgIpc) is 2.41. The van der Waals surface area contributed by atoms with Gasteiger partial charge in [0.2, 0.25) is 0 Å². The highest BCUT2D eigenvalue weighted by Crippen LogP contribution is 2.29. The fraction of sp³-hybridized carbons (Fsp3) is 0.462. The quantitative estimate of drug-likeness (QED) is 0.518. The maximum absolute atomic E-state index is 11.0. The molecule has 106 valence electrons. The van der Waals surface area contributed by atoms with Gasteiger partial charge >= 0.3 is 0 Å². The number of hydrogen-bond acceptors (Lipinski definition) is 5. The van der Waals surface area contributed by atoms with E-state index in [1.807, 2.05) is 0 Å². The number of rotatable bonds is 4. The summed E-state index contributed by atoms with van der Waals surface area (Å²) in [5.41, 5.74) is 0.635. The summed E-state index contributed by atoms with van der Waals surface area (Å²) in [6, 6.07) is 7.25. The van der Waals surface area contributed by atoms with Crippen molar-refractivity contribution in [3.63, 3.8) is 0 Å². The van der Waals surface area contributed by atoms with Crippen molar-refractivity contribution in [3.8, 4) is 6.07 Å². The van der Waals surface area contributed by atoms with Crippen molar-refractivity contribution in [1.82, 2.24) is 4.90 Å². The lowest BCUT2D eigenvalue weighted by atomic mass is 10.0. The van der Waals surface area contributed by atoms with Gasteiger partial charge in [-0.15, -0.1) is 0 Å². The third kappa shape index (κ3) is 3.68. The predicted octanol–water partition coefficient (Wildman–Crippen LogP) is 2.76. The number of hydrogen-bond donors (Lipinski definition) is 1. The molecule has 1 aromatic carbocycles. The van der Waals surface area contributed by atoms with E-state index in [1.165, 1.54) is 6.07 Å². The van der Waals surface area contributed by atoms with Gasteiger partial charge in [0.1, 0.15) is 5.69 Å². The van der Waals surface area contributed by atoms with Gasteiger partial charge in [0.15, 0.2) is 0 Å². The van der Waals surface area contributed by atoms with E-state index >= 15 is 0 Å². The second-order valence-corrected chi connectivity index (χ2v) is 5.69. The molecule has 1 aliphatic heterocycles. The molecule has 6 nitrogen and oxygen atoms in total. The molecule has 0 aliphatic carbocycles. The summed E-state index contributed by atoms with van der Waals surface area (Å²) in [4.78, 5) is 12.7. The van der Waals surface area contributed by atoms with Crippen molar-refractivity contribution in [1.29, 1.82) is 5.26 Å². The van der Waals surface area contributed by atoms with Gasteiger partial charge in [-0.25, -0.2) is 0 Å². The van der Waals surface area contributed by atoms with Crippen LogP contribution < -0.4 is 5.32 Å². The monoisotopic (exact) mass is 338 g/mol. The summed E-state index contributed by atoms with van der Waals surface area (Å²) in [6.07, 6.45) is 1.76. The zero-order chi connectivity index (χ0) is 14.5. The van der Waals surface area contributed by atoms with Gasteiger partial charge in [0, 0.05) is 29.7 Å². The molecule has 0 bridgehead atoms. The first-order chi connectivity index (χ1) is 9.60. The first kappa shape index (κ1) is 14.8. The zero-order valence-electron chi connectivity index (χ0n) is 10.9. The van der Waals surface area contributed by atoms with E-state index in [0.29, 0.717) is 12.2 Å². The standard InChI is InChI=1S/C13H15BrN4O2/c14-10-1-2-13(18(19)20)12(9-10)16-11-3-6-17(7-4-11)8-5-15/h1-2,9,11,16H,3-4,6-8H2. The Balaban J connectivity index is 2.02. The molecule has 1 fully saturated rings. The molecule has 0 unspecified atom stereocenters. The van der Waals surface area contributed by atoms with Crippen LogP contribution in [0.25, 0.3) is 0 Å². The maximum Gasteiger partial charge on any atom is 0.292 e. The van der Waals surface area contributed by atoms with Crippen LogP contribution in [0.4, 0.5) is 11.4 Å². The Morgan fingerprint density at radius 3 is 2.80 bits per heavy atom. The molecule has 1 saturated heterocycles. The predicted molar refractivity (Wildman–Crippen MR) is 79.5 cm³/mol. The topological polar surface area (TPSA) is 82.2 Å². The Hall–Kier alpha value is -1.65. The van der Waals surface area contributed by atoms with Crippen LogP contribution in [0.1, 0.15) is 12.8 Å². The minimum absolute atomic E-state index is 0.0904. The number of anilines is 1. The Kier molecular flexibility index (Phi) is 4.93. The summed E-state index contributed by atoms with van der Waals surface area (Å²) in [7, 11) is 0. The highest BCUT2D eigenvalue weighted by Gasteiger charge is 2.22. The third-order valence-electron chi connectivity index (χ3n) is 3.40. The Morgan fingerprint density at radius 2 is 2.20 bits per heavy atom. The molecule has 1 N–H and O–H groups in total. The van der Waals surface area contributed by atoms with Crippen molar-refractivity contribution < 1.29 is 4.92 Å². The molecule has 0 saturated carbocycles. The normalized spacial score (nSPS) is 16.6. The SMILES string of the molecule is N#CCN1CCC(Nc2cc(Br)ccc2[N+](=O)[O-])CC1. The van der Waals surface area contributed by atoms with E-state index in [4.69, 9.17) is 5.26 Å². The summed E-state index contributed by atoms with van der Waals surface area (Å²) in [6.45, 7) is 2.13. The van der Waals surface area contributed by atoms with E-state index in [2.05, 4.69) is 32.2 Å². The largest absolute Gasteiger partial charge is 0.377 e. The summed E-state index contributed by atoms with van der Waals surface area (Å²) in [5, 5.41) is 22.9. The number of nitro groups is 1. The van der Waals surface area contributed by atoms with Gasteiger partial charge in [-0.05, 0) is 25.0 Å². The molecule has 0 amide bonds. The lowest BCUT2D eigenvalue weighted by Crippen LogP contribution is -2.39. The van der Waals surface area contributed by atoms with Crippen LogP contribution in [0.5, 0.6) is 0 Å². The van der Waals surface area contributed by atoms with E-state index in [1.54, 1.807) is 12.1 Å². The number of nitrogens with zero attached hydrogens (tertiary/aromatic N) is 3. The highest BCUT2D eigenvalue weighted by molar-refractivity contribution is 9.10. The van der Waals surface area contributed by atoms with Crippen LogP contribution in [0.2, 0.25) is 0 Å². The lowest BCUT2D eigenvalue weighted by Gasteiger charge is -2.31. The van der Waals surface area contributed by atoms with Crippen molar-refractivity contribution >= 4 is 27.3 Å². The fourth-order valence-electron chi connectivity index (χ4n) is 2.34. The molecular weight excluding hydrogens is 324 g/mol. The van der Waals surface area contributed by atoms with Crippen LogP contribution in [-0.2, 0) is 0 Å². The van der Waals surface area contributed by atoms with Crippen LogP contribution in [0.3, 0.4) is 0 Å². The molecular formula is C13H15BrN4O2. The van der Waals surface area contributed by atoms with Gasteiger partial charge in [-0.2, -0.15) is 5.26 Å². The van der Waals surface area contributed by atoms with Gasteiger partial charge in [-0.1, -0.05) is 15.9 Å². The molecule has 1 aromatic rings. The summed E-state index contributed by atoms with van der Waals surface area (Å²) < 4.78 is 0.813. The van der Waals surface area contributed by atoms with Crippen molar-refractivity contribution in [2.75, 3.05) is 25.0 Å². The molecule has 1 heterocycles. The first-order valence-electron chi connectivity index (χ1n) is 6.40.